The van der Waals surface area contributed by atoms with Gasteiger partial charge in [0.15, 0.2) is 0 Å². The summed E-state index contributed by atoms with van der Waals surface area (Å²) >= 11 is 0. The molecule has 136 heavy (non-hydrogen) atoms. The SMILES string of the molecule is [2H]C([2H])([2H])c1c[c-]c(-c2cc(C)c(C([2H])([2H])[2H])cn2)cc1.[2H]C([2H])([2H])c1c[c-]c(-c2cc(C)c(C([2H])([2H])[2H])cn2)cc1.[2H]C([2H])([2H])c1c[c-]c(-c2cc(C)c(C([2H])([2H])[2H])cn2)cc1.[2H]C([2H])(c1ccnc(-c2[c-]ccc3c2oc2nc(C)ccc23)c1)C1CCCC1.[2H]C1(c2ccnc(-c3[c-]ccc4c3oc3nc(C)ccc34)c2)C(C)(C)CC(C)(C)CC1(C)C.[2H]C1(c2ccnc(-c3[c-]ccc4c3oc3nc(C)ccc34)c2)C(C)(C)CCCC1(C)C.[Ir].[Ir].[Ir]. The molecule has 12 aromatic heterocycles. The van der Waals surface area contributed by atoms with Crippen molar-refractivity contribution in [2.45, 2.75) is 228 Å². The average Bonchev–Trinajstić information content (AvgIpc) is 1.46. The number of benzene rings is 6. The predicted molar refractivity (Wildman–Crippen MR) is 546 cm³/mol. The van der Waals surface area contributed by atoms with E-state index in [4.69, 9.17) is 45.7 Å². The van der Waals surface area contributed by atoms with Gasteiger partial charge in [-0.05, 0) is 256 Å². The molecule has 3 aliphatic carbocycles. The molecule has 18 aromatic rings. The molecule has 0 N–H and O–H groups in total. The van der Waals surface area contributed by atoms with Gasteiger partial charge in [-0.3, -0.25) is 0 Å². The number of aryl methyl sites for hydroxylation is 12. The Labute approximate surface area is 876 Å². The molecule has 3 saturated carbocycles. The molecule has 15 heteroatoms. The summed E-state index contributed by atoms with van der Waals surface area (Å²) in [5.41, 5.74) is 20.4. The van der Waals surface area contributed by atoms with Gasteiger partial charge < -0.3 is 43.2 Å². The Kier molecular flexibility index (Phi) is 24.0. The van der Waals surface area contributed by atoms with Crippen LogP contribution < -0.4 is 0 Å². The van der Waals surface area contributed by atoms with Crippen molar-refractivity contribution in [1.82, 2.24) is 44.9 Å². The molecule has 12 nitrogen and oxygen atoms in total. The third kappa shape index (κ3) is 23.4. The number of aromatic nitrogens is 9. The van der Waals surface area contributed by atoms with E-state index in [9.17, 15) is 2.74 Å². The quantitative estimate of drug-likeness (QED) is 0.120. The second-order valence-corrected chi connectivity index (χ2v) is 38.7. The molecule has 705 valence electrons. The normalized spacial score (nSPS) is 18.7. The molecule has 0 unspecified atom stereocenters. The number of pyridine rings is 9. The van der Waals surface area contributed by atoms with E-state index in [2.05, 4.69) is 170 Å². The van der Waals surface area contributed by atoms with Gasteiger partial charge in [-0.1, -0.05) is 213 Å². The first kappa shape index (κ1) is 76.0. The second kappa shape index (κ2) is 43.0. The summed E-state index contributed by atoms with van der Waals surface area (Å²) in [5.74, 6) is -1.40. The van der Waals surface area contributed by atoms with E-state index in [1.165, 1.54) is 55.0 Å². The molecular weight excluding hydrogens is 2200 g/mol. The topological polar surface area (TPSA) is 155 Å². The predicted octanol–water partition coefficient (Wildman–Crippen LogP) is 31.9. The molecule has 0 atom stereocenters. The van der Waals surface area contributed by atoms with Crippen LogP contribution in [0.1, 0.15) is 253 Å². The minimum atomic E-state index is -2.19. The second-order valence-electron chi connectivity index (χ2n) is 38.7. The molecule has 3 fully saturated rings. The zero-order valence-electron chi connectivity index (χ0n) is 101. The molecule has 3 aliphatic rings. The minimum Gasteiger partial charge on any atom is -0.486 e. The van der Waals surface area contributed by atoms with Crippen molar-refractivity contribution in [3.63, 3.8) is 0 Å². The van der Waals surface area contributed by atoms with Crippen LogP contribution in [0.2, 0.25) is 0 Å². The van der Waals surface area contributed by atoms with E-state index in [1.807, 2.05) is 112 Å². The van der Waals surface area contributed by atoms with E-state index in [0.29, 0.717) is 84.4 Å². The van der Waals surface area contributed by atoms with Crippen molar-refractivity contribution in [3.05, 3.63) is 339 Å². The Balaban J connectivity index is 0.000000158. The maximum absolute atomic E-state index is 9.91. The summed E-state index contributed by atoms with van der Waals surface area (Å²) in [6.07, 6.45) is 17.4. The van der Waals surface area contributed by atoms with Gasteiger partial charge in [0.25, 0.3) is 0 Å². The fourth-order valence-corrected chi connectivity index (χ4v) is 20.2. The zero-order chi connectivity index (χ0) is 113. The van der Waals surface area contributed by atoms with Crippen LogP contribution >= 0.6 is 0 Å². The summed E-state index contributed by atoms with van der Waals surface area (Å²) in [7, 11) is 0. The smallest absolute Gasteiger partial charge is 0.216 e. The van der Waals surface area contributed by atoms with Gasteiger partial charge in [-0.25, -0.2) is 15.0 Å². The summed E-state index contributed by atoms with van der Waals surface area (Å²) < 4.78 is 188. The van der Waals surface area contributed by atoms with E-state index < -0.39 is 59.3 Å². The van der Waals surface area contributed by atoms with Gasteiger partial charge in [0.1, 0.15) is 0 Å². The fraction of sp³-hybridized carbons (Fsp3) is 0.331. The van der Waals surface area contributed by atoms with Gasteiger partial charge in [0.05, 0.1) is 16.7 Å². The van der Waals surface area contributed by atoms with Crippen LogP contribution in [0.15, 0.2) is 232 Å². The Morgan fingerprint density at radius 1 is 0.353 bits per heavy atom. The average molecular weight is 2350 g/mol. The number of fused-ring (bicyclic) bond motifs is 9. The fourth-order valence-electron chi connectivity index (χ4n) is 20.2. The van der Waals surface area contributed by atoms with Gasteiger partial charge in [0, 0.05) is 161 Å². The number of nitrogens with zero attached hydrogens (tertiary/aromatic N) is 9. The monoisotopic (exact) mass is 2350 g/mol. The van der Waals surface area contributed by atoms with Crippen molar-refractivity contribution in [3.8, 4) is 67.5 Å². The Bertz CT molecular complexity index is 7920. The van der Waals surface area contributed by atoms with Crippen molar-refractivity contribution in [1.29, 1.82) is 0 Å². The molecule has 21 rings (SSSR count). The van der Waals surface area contributed by atoms with Gasteiger partial charge >= 0.3 is 0 Å². The summed E-state index contributed by atoms with van der Waals surface area (Å²) in [6, 6.07) is 73.0. The molecule has 0 bridgehead atoms. The largest absolute Gasteiger partial charge is 0.486 e. The first-order valence-corrected chi connectivity index (χ1v) is 45.3. The minimum absolute atomic E-state index is 0. The molecular formula is C121H125Ir3N9O3-6. The summed E-state index contributed by atoms with van der Waals surface area (Å²) in [5, 5.41) is 5.96. The van der Waals surface area contributed by atoms with Crippen LogP contribution in [0.4, 0.5) is 0 Å². The first-order valence-electron chi connectivity index (χ1n) is 56.3. The first-order chi connectivity index (χ1) is 72.3. The standard InChI is InChI=1S/C29H33N2O.C27H29N2O.C23H21N2O.3C14H14N.3Ir/c1-18-11-12-21-20-9-8-10-22(24(20)32-26(21)31-18)23-15-19(13-14-30-23)25-28(4,5)16-27(2,3)17-29(25,6)7;1-17-10-11-20-19-8-6-9-21(23(19)30-25(20)29-17)22-16-18(12-15-28-22)24-26(2,3)13-7-14-27(24,4)5;1-15-9-10-19-18-7-4-8-20(22(18)26-23(19)25-15)21-14-17(11-12-24-21)13-16-5-2-3-6-16;3*1-10-4-6-13(7-5-10)14-8-11(2)12(3)9-15-14;;;/h8-9,11-15,25H,16-17H2,1-7H3;6,8,10-12,15-16,24H,7,13-14H2,1-5H3;4,7,9-12,14,16H,2-3,5-6,13H2,1H3;3*4-6,8-9H,1-3H3;;;/q6*-1;;;/i25D;24D;13D2;3*1D3,3D3;;;. The van der Waals surface area contributed by atoms with Crippen molar-refractivity contribution >= 4 is 66.2 Å². The van der Waals surface area contributed by atoms with E-state index in [1.54, 1.807) is 69.4 Å². The molecule has 12 heterocycles. The van der Waals surface area contributed by atoms with Gasteiger partial charge in [0.2, 0.25) is 17.1 Å². The van der Waals surface area contributed by atoms with Crippen LogP contribution in [0.25, 0.3) is 134 Å². The van der Waals surface area contributed by atoms with Crippen molar-refractivity contribution < 1.29 is 104 Å². The molecule has 0 spiro atoms. The van der Waals surface area contributed by atoms with Crippen LogP contribution in [-0.4, -0.2) is 44.9 Å². The number of hydrogen-bond donors (Lipinski definition) is 0. The zero-order valence-corrected chi connectivity index (χ0v) is 86.7. The van der Waals surface area contributed by atoms with E-state index >= 15 is 0 Å². The number of furan rings is 3. The molecule has 0 aliphatic heterocycles. The van der Waals surface area contributed by atoms with Crippen LogP contribution in [0, 0.1) is 152 Å². The Morgan fingerprint density at radius 2 is 0.699 bits per heavy atom. The van der Waals surface area contributed by atoms with Gasteiger partial charge in [-0.2, -0.15) is 0 Å². The number of rotatable bonds is 10. The summed E-state index contributed by atoms with van der Waals surface area (Å²) in [6.45, 7) is 20.6. The maximum atomic E-state index is 9.91. The molecule has 3 radical (unpaired) electrons. The van der Waals surface area contributed by atoms with E-state index in [-0.39, 0.29) is 127 Å². The van der Waals surface area contributed by atoms with Crippen molar-refractivity contribution in [2.24, 2.45) is 33.0 Å². The maximum Gasteiger partial charge on any atom is 0.216 e. The van der Waals surface area contributed by atoms with Crippen molar-refractivity contribution in [2.75, 3.05) is 0 Å². The Hall–Kier alpha value is -11.0. The third-order valence-electron chi connectivity index (χ3n) is 25.4. The van der Waals surface area contributed by atoms with Crippen LogP contribution in [0.5, 0.6) is 0 Å². The molecule has 0 saturated heterocycles. The molecule has 6 aromatic carbocycles. The van der Waals surface area contributed by atoms with Gasteiger partial charge in [-0.15, -0.1) is 161 Å². The third-order valence-corrected chi connectivity index (χ3v) is 25.4. The van der Waals surface area contributed by atoms with E-state index in [0.717, 1.165) is 158 Å². The molecule has 0 amide bonds. The van der Waals surface area contributed by atoms with Crippen LogP contribution in [-0.2, 0) is 66.7 Å². The van der Waals surface area contributed by atoms with Crippen LogP contribution in [0.3, 0.4) is 0 Å². The summed E-state index contributed by atoms with van der Waals surface area (Å²) in [4.78, 5) is 39.9. The number of hydrogen-bond acceptors (Lipinski definition) is 12. The Morgan fingerprint density at radius 3 is 1.03 bits per heavy atom.